The predicted molar refractivity (Wildman–Crippen MR) is 59.3 cm³/mol. The van der Waals surface area contributed by atoms with Crippen molar-refractivity contribution >= 4 is 17.5 Å². The number of carboxylic acid groups (broad SMARTS) is 1. The lowest BCUT2D eigenvalue weighted by molar-refractivity contribution is -0.137. The fourth-order valence-corrected chi connectivity index (χ4v) is 1.16. The Kier molecular flexibility index (Phi) is 3.49. The van der Waals surface area contributed by atoms with Crippen LogP contribution in [0.3, 0.4) is 0 Å². The second-order valence-electron chi connectivity index (χ2n) is 3.47. The maximum atomic E-state index is 10.7. The van der Waals surface area contributed by atoms with Crippen molar-refractivity contribution in [3.63, 3.8) is 0 Å². The zero-order valence-electron chi connectivity index (χ0n) is 9.06. The highest BCUT2D eigenvalue weighted by Gasteiger charge is 2.13. The van der Waals surface area contributed by atoms with Crippen LogP contribution < -0.4 is 10.2 Å². The Morgan fingerprint density at radius 1 is 1.60 bits per heavy atom. The van der Waals surface area contributed by atoms with Crippen LogP contribution in [0, 0.1) is 0 Å². The summed E-state index contributed by atoms with van der Waals surface area (Å²) in [5.74, 6) is -0.158. The number of hydrogen-bond acceptors (Lipinski definition) is 4. The number of aliphatic carboxylic acids is 1. The summed E-state index contributed by atoms with van der Waals surface area (Å²) >= 11 is 0. The van der Waals surface area contributed by atoms with Gasteiger partial charge in [0.15, 0.2) is 5.82 Å². The molecule has 1 unspecified atom stereocenters. The molecular weight excluding hydrogens is 194 g/mol. The van der Waals surface area contributed by atoms with Gasteiger partial charge >= 0.3 is 5.97 Å². The topological polar surface area (TPSA) is 65.5 Å². The number of aromatic nitrogens is 1. The highest BCUT2D eigenvalue weighted by molar-refractivity contribution is 5.79. The number of hydrogen-bond donors (Lipinski definition) is 2. The third-order valence-electron chi connectivity index (χ3n) is 1.95. The van der Waals surface area contributed by atoms with Gasteiger partial charge in [-0.1, -0.05) is 0 Å². The number of carboxylic acids is 1. The second kappa shape index (κ2) is 4.63. The van der Waals surface area contributed by atoms with Gasteiger partial charge in [0.2, 0.25) is 0 Å². The summed E-state index contributed by atoms with van der Waals surface area (Å²) in [5.41, 5.74) is 0.720. The van der Waals surface area contributed by atoms with E-state index in [1.54, 1.807) is 19.2 Å². The molecule has 15 heavy (non-hydrogen) atoms. The highest BCUT2D eigenvalue weighted by Crippen LogP contribution is 2.20. The molecule has 0 amide bonds. The molecule has 1 atom stereocenters. The van der Waals surface area contributed by atoms with Gasteiger partial charge in [0.05, 0.1) is 5.69 Å². The van der Waals surface area contributed by atoms with Crippen molar-refractivity contribution in [3.05, 3.63) is 18.3 Å². The molecule has 2 N–H and O–H groups in total. The van der Waals surface area contributed by atoms with Crippen LogP contribution >= 0.6 is 0 Å². The molecule has 82 valence electrons. The first-order valence-electron chi connectivity index (χ1n) is 4.64. The minimum atomic E-state index is -0.886. The van der Waals surface area contributed by atoms with Gasteiger partial charge in [-0.2, -0.15) is 0 Å². The minimum absolute atomic E-state index is 0.632. The molecule has 1 aromatic heterocycles. The van der Waals surface area contributed by atoms with E-state index >= 15 is 0 Å². The average Bonchev–Trinajstić information content (AvgIpc) is 2.18. The molecule has 0 fully saturated rings. The first-order valence-corrected chi connectivity index (χ1v) is 4.64. The molecule has 0 aliphatic rings. The molecule has 0 aliphatic carbocycles. The molecule has 0 saturated carbocycles. The monoisotopic (exact) mass is 209 g/mol. The normalized spacial score (nSPS) is 11.9. The Bertz CT molecular complexity index is 352. The predicted octanol–water partition coefficient (Wildman–Crippen LogP) is 1.03. The summed E-state index contributed by atoms with van der Waals surface area (Å²) in [5, 5.41) is 11.7. The van der Waals surface area contributed by atoms with Gasteiger partial charge in [0.1, 0.15) is 6.04 Å². The van der Waals surface area contributed by atoms with Gasteiger partial charge in [-0.15, -0.1) is 0 Å². The van der Waals surface area contributed by atoms with E-state index in [1.165, 1.54) is 0 Å². The molecule has 0 radical (unpaired) electrons. The van der Waals surface area contributed by atoms with Crippen LogP contribution in [0.4, 0.5) is 11.5 Å². The minimum Gasteiger partial charge on any atom is -0.480 e. The molecule has 1 heterocycles. The largest absolute Gasteiger partial charge is 0.480 e. The van der Waals surface area contributed by atoms with E-state index in [0.717, 1.165) is 11.5 Å². The van der Waals surface area contributed by atoms with Crippen LogP contribution in [0.5, 0.6) is 0 Å². The van der Waals surface area contributed by atoms with Crippen molar-refractivity contribution in [2.75, 3.05) is 24.3 Å². The fraction of sp³-hybridized carbons (Fsp3) is 0.400. The van der Waals surface area contributed by atoms with E-state index < -0.39 is 12.0 Å². The fourth-order valence-electron chi connectivity index (χ4n) is 1.16. The lowest BCUT2D eigenvalue weighted by Gasteiger charge is -2.18. The number of rotatable bonds is 4. The van der Waals surface area contributed by atoms with E-state index in [4.69, 9.17) is 5.11 Å². The summed E-state index contributed by atoms with van der Waals surface area (Å²) in [6, 6.07) is 2.94. The van der Waals surface area contributed by atoms with Gasteiger partial charge < -0.3 is 15.3 Å². The summed E-state index contributed by atoms with van der Waals surface area (Å²) in [6.45, 7) is 1.59. The molecule has 0 spiro atoms. The first-order chi connectivity index (χ1) is 7.02. The van der Waals surface area contributed by atoms with Crippen LogP contribution in [0.2, 0.25) is 0 Å². The molecule has 0 aromatic carbocycles. The number of nitrogens with zero attached hydrogens (tertiary/aromatic N) is 2. The van der Waals surface area contributed by atoms with Crippen LogP contribution in [-0.2, 0) is 4.79 Å². The zero-order chi connectivity index (χ0) is 11.4. The third-order valence-corrected chi connectivity index (χ3v) is 1.95. The van der Waals surface area contributed by atoms with Gasteiger partial charge in [0, 0.05) is 20.3 Å². The summed E-state index contributed by atoms with van der Waals surface area (Å²) in [6.07, 6.45) is 1.67. The maximum absolute atomic E-state index is 10.7. The van der Waals surface area contributed by atoms with Crippen LogP contribution in [-0.4, -0.2) is 36.2 Å². The Hall–Kier alpha value is -1.78. The number of pyridine rings is 1. The SMILES string of the molecule is CC(Nc1cccnc1N(C)C)C(=O)O. The van der Waals surface area contributed by atoms with Gasteiger partial charge in [-0.05, 0) is 19.1 Å². The van der Waals surface area contributed by atoms with E-state index in [-0.39, 0.29) is 0 Å². The number of carbonyl (C=O) groups is 1. The quantitative estimate of drug-likeness (QED) is 0.775. The smallest absolute Gasteiger partial charge is 0.325 e. The Balaban J connectivity index is 2.89. The van der Waals surface area contributed by atoms with E-state index in [2.05, 4.69) is 10.3 Å². The van der Waals surface area contributed by atoms with Crippen LogP contribution in [0.15, 0.2) is 18.3 Å². The van der Waals surface area contributed by atoms with E-state index in [1.807, 2.05) is 25.1 Å². The molecule has 5 nitrogen and oxygen atoms in total. The van der Waals surface area contributed by atoms with Crippen molar-refractivity contribution in [2.45, 2.75) is 13.0 Å². The molecule has 5 heteroatoms. The van der Waals surface area contributed by atoms with Gasteiger partial charge in [-0.3, -0.25) is 4.79 Å². The van der Waals surface area contributed by atoms with E-state index in [9.17, 15) is 4.79 Å². The molecule has 1 aromatic rings. The van der Waals surface area contributed by atoms with Crippen molar-refractivity contribution in [1.82, 2.24) is 4.98 Å². The molecule has 0 saturated heterocycles. The Morgan fingerprint density at radius 2 is 2.27 bits per heavy atom. The van der Waals surface area contributed by atoms with Gasteiger partial charge in [-0.25, -0.2) is 4.98 Å². The standard InChI is InChI=1S/C10H15N3O2/c1-7(10(14)15)12-8-5-4-6-11-9(8)13(2)3/h4-7,12H,1-3H3,(H,14,15). The molecule has 0 bridgehead atoms. The maximum Gasteiger partial charge on any atom is 0.325 e. The second-order valence-corrected chi connectivity index (χ2v) is 3.47. The van der Waals surface area contributed by atoms with Crippen molar-refractivity contribution in [1.29, 1.82) is 0 Å². The molecule has 0 aliphatic heterocycles. The van der Waals surface area contributed by atoms with E-state index in [0.29, 0.717) is 0 Å². The Labute approximate surface area is 88.7 Å². The lowest BCUT2D eigenvalue weighted by atomic mass is 10.3. The van der Waals surface area contributed by atoms with Crippen LogP contribution in [0.25, 0.3) is 0 Å². The summed E-state index contributed by atoms with van der Waals surface area (Å²) < 4.78 is 0. The van der Waals surface area contributed by atoms with Crippen LogP contribution in [0.1, 0.15) is 6.92 Å². The van der Waals surface area contributed by atoms with Crippen molar-refractivity contribution in [3.8, 4) is 0 Å². The Morgan fingerprint density at radius 3 is 2.80 bits per heavy atom. The molecular formula is C10H15N3O2. The summed E-state index contributed by atoms with van der Waals surface area (Å²) in [7, 11) is 3.72. The number of anilines is 2. The first kappa shape index (κ1) is 11.3. The zero-order valence-corrected chi connectivity index (χ0v) is 9.06. The summed E-state index contributed by atoms with van der Waals surface area (Å²) in [4.78, 5) is 16.7. The highest BCUT2D eigenvalue weighted by atomic mass is 16.4. The average molecular weight is 209 g/mol. The van der Waals surface area contributed by atoms with Crippen molar-refractivity contribution in [2.24, 2.45) is 0 Å². The van der Waals surface area contributed by atoms with Gasteiger partial charge in [0.25, 0.3) is 0 Å². The molecule has 1 rings (SSSR count). The lowest BCUT2D eigenvalue weighted by Crippen LogP contribution is -2.26. The number of nitrogens with one attached hydrogen (secondary N) is 1. The van der Waals surface area contributed by atoms with Crippen molar-refractivity contribution < 1.29 is 9.90 Å². The third kappa shape index (κ3) is 2.83.